The van der Waals surface area contributed by atoms with E-state index in [9.17, 15) is 9.90 Å². The van der Waals surface area contributed by atoms with Gasteiger partial charge in [-0.2, -0.15) is 0 Å². The molecule has 4 N–H and O–H groups in total. The highest BCUT2D eigenvalue weighted by atomic mass is 16.4. The molecule has 6 nitrogen and oxygen atoms in total. The number of allylic oxidation sites excluding steroid dienone is 2. The van der Waals surface area contributed by atoms with E-state index in [2.05, 4.69) is 9.97 Å². The molecule has 0 spiro atoms. The van der Waals surface area contributed by atoms with Gasteiger partial charge in [0.2, 0.25) is 0 Å². The number of carbonyl (C=O) groups is 1. The van der Waals surface area contributed by atoms with Gasteiger partial charge in [-0.25, -0.2) is 9.97 Å². The number of carboxylic acid groups (broad SMARTS) is 1. The molecule has 0 saturated heterocycles. The standard InChI is InChI=1S/C18H27N3O3/c1-3-5-8-14-15(9-6-7-10-18(23)24)21-16(11-12-17(19)22)13(4-2)20-14/h3-5,11,17,22H,6-10,12,19H2,1-2H3,(H,23,24)/b5-3-,13-4+,16-11+. The minimum atomic E-state index is -0.918. The second-order valence-corrected chi connectivity index (χ2v) is 5.56. The van der Waals surface area contributed by atoms with Crippen LogP contribution in [0.5, 0.6) is 0 Å². The summed E-state index contributed by atoms with van der Waals surface area (Å²) in [4.78, 5) is 20.0. The van der Waals surface area contributed by atoms with E-state index >= 15 is 0 Å². The molecule has 0 aliphatic carbocycles. The predicted molar refractivity (Wildman–Crippen MR) is 94.4 cm³/mol. The number of carboxylic acids is 1. The smallest absolute Gasteiger partial charge is 0.303 e. The molecule has 0 bridgehead atoms. The Morgan fingerprint density at radius 1 is 1.21 bits per heavy atom. The number of nitrogens with zero attached hydrogens (tertiary/aromatic N) is 2. The Balaban J connectivity index is 3.12. The van der Waals surface area contributed by atoms with Crippen molar-refractivity contribution in [1.29, 1.82) is 0 Å². The van der Waals surface area contributed by atoms with Crippen molar-refractivity contribution in [2.45, 2.75) is 58.6 Å². The number of nitrogens with two attached hydrogens (primary N) is 1. The maximum atomic E-state index is 10.6. The first-order chi connectivity index (χ1) is 11.5. The Kier molecular flexibility index (Phi) is 8.89. The van der Waals surface area contributed by atoms with E-state index in [1.807, 2.05) is 32.1 Å². The van der Waals surface area contributed by atoms with Crippen LogP contribution in [-0.2, 0) is 17.6 Å². The zero-order valence-corrected chi connectivity index (χ0v) is 14.4. The number of hydrogen-bond donors (Lipinski definition) is 3. The molecule has 1 heterocycles. The summed E-state index contributed by atoms with van der Waals surface area (Å²) in [5.74, 6) is -0.780. The highest BCUT2D eigenvalue weighted by molar-refractivity contribution is 5.66. The van der Waals surface area contributed by atoms with Crippen molar-refractivity contribution in [2.75, 3.05) is 0 Å². The van der Waals surface area contributed by atoms with E-state index in [0.29, 0.717) is 31.0 Å². The third-order valence-corrected chi connectivity index (χ3v) is 3.53. The number of rotatable bonds is 9. The van der Waals surface area contributed by atoms with Crippen molar-refractivity contribution in [2.24, 2.45) is 5.73 Å². The van der Waals surface area contributed by atoms with Gasteiger partial charge in [-0.15, -0.1) is 0 Å². The van der Waals surface area contributed by atoms with Crippen LogP contribution in [0.2, 0.25) is 0 Å². The van der Waals surface area contributed by atoms with Crippen molar-refractivity contribution < 1.29 is 15.0 Å². The van der Waals surface area contributed by atoms with Crippen molar-refractivity contribution in [3.63, 3.8) is 0 Å². The summed E-state index contributed by atoms with van der Waals surface area (Å²) in [5, 5.41) is 19.5. The van der Waals surface area contributed by atoms with Crippen LogP contribution in [0.15, 0.2) is 12.2 Å². The zero-order chi connectivity index (χ0) is 17.9. The zero-order valence-electron chi connectivity index (χ0n) is 14.4. The molecule has 1 atom stereocenters. The van der Waals surface area contributed by atoms with Crippen LogP contribution in [0.4, 0.5) is 0 Å². The van der Waals surface area contributed by atoms with Gasteiger partial charge in [-0.1, -0.05) is 24.3 Å². The Bertz CT molecular complexity index is 681. The number of aliphatic carboxylic acids is 1. The van der Waals surface area contributed by atoms with Crippen LogP contribution >= 0.6 is 0 Å². The average Bonchev–Trinajstić information content (AvgIpc) is 2.55. The summed E-state index contributed by atoms with van der Waals surface area (Å²) in [5.41, 5.74) is 7.17. The van der Waals surface area contributed by atoms with Crippen LogP contribution in [0, 0.1) is 0 Å². The van der Waals surface area contributed by atoms with Gasteiger partial charge in [0.15, 0.2) is 0 Å². The van der Waals surface area contributed by atoms with Gasteiger partial charge >= 0.3 is 5.97 Å². The Morgan fingerprint density at radius 3 is 2.50 bits per heavy atom. The van der Waals surface area contributed by atoms with Crippen molar-refractivity contribution in [3.05, 3.63) is 34.2 Å². The average molecular weight is 333 g/mol. The fourth-order valence-corrected chi connectivity index (χ4v) is 2.29. The van der Waals surface area contributed by atoms with E-state index in [1.54, 1.807) is 6.08 Å². The van der Waals surface area contributed by atoms with Gasteiger partial charge in [0.25, 0.3) is 0 Å². The second kappa shape index (κ2) is 10.7. The quantitative estimate of drug-likeness (QED) is 0.348. The first-order valence-corrected chi connectivity index (χ1v) is 8.26. The Labute approximate surface area is 142 Å². The molecule has 6 heteroatoms. The number of aryl methyl sites for hydroxylation is 1. The first-order valence-electron chi connectivity index (χ1n) is 8.26. The third kappa shape index (κ3) is 7.02. The van der Waals surface area contributed by atoms with E-state index in [1.165, 1.54) is 0 Å². The van der Waals surface area contributed by atoms with Gasteiger partial charge in [0, 0.05) is 19.3 Å². The van der Waals surface area contributed by atoms with Gasteiger partial charge in [0.05, 0.1) is 22.1 Å². The lowest BCUT2D eigenvalue weighted by atomic mass is 10.1. The Hall–Kier alpha value is -2.05. The molecule has 0 aromatic carbocycles. The maximum absolute atomic E-state index is 10.6. The number of hydrogen-bond acceptors (Lipinski definition) is 5. The fourth-order valence-electron chi connectivity index (χ4n) is 2.29. The van der Waals surface area contributed by atoms with Crippen molar-refractivity contribution in [3.8, 4) is 0 Å². The minimum absolute atomic E-state index is 0.163. The van der Waals surface area contributed by atoms with Crippen molar-refractivity contribution >= 4 is 18.1 Å². The van der Waals surface area contributed by atoms with Crippen LogP contribution < -0.4 is 16.4 Å². The number of unbranched alkanes of at least 4 members (excludes halogenated alkanes) is 1. The fraction of sp³-hybridized carbons (Fsp3) is 0.500. The lowest BCUT2D eigenvalue weighted by molar-refractivity contribution is -0.137. The molecule has 0 amide bonds. The number of aliphatic hydroxyl groups is 1. The third-order valence-electron chi connectivity index (χ3n) is 3.53. The van der Waals surface area contributed by atoms with Gasteiger partial charge in [-0.05, 0) is 33.1 Å². The predicted octanol–water partition coefficient (Wildman–Crippen LogP) is 0.641. The van der Waals surface area contributed by atoms with E-state index in [-0.39, 0.29) is 6.42 Å². The molecule has 1 aromatic heterocycles. The highest BCUT2D eigenvalue weighted by Crippen LogP contribution is 2.07. The largest absolute Gasteiger partial charge is 0.481 e. The molecule has 132 valence electrons. The molecule has 1 unspecified atom stereocenters. The summed E-state index contributed by atoms with van der Waals surface area (Å²) in [7, 11) is 0. The molecule has 0 aliphatic rings. The lowest BCUT2D eigenvalue weighted by Crippen LogP contribution is -2.35. The van der Waals surface area contributed by atoms with Crippen LogP contribution in [-0.4, -0.2) is 32.4 Å². The highest BCUT2D eigenvalue weighted by Gasteiger charge is 2.07. The maximum Gasteiger partial charge on any atom is 0.303 e. The molecular weight excluding hydrogens is 306 g/mol. The molecule has 0 radical (unpaired) electrons. The van der Waals surface area contributed by atoms with Gasteiger partial charge in [-0.3, -0.25) is 4.79 Å². The Morgan fingerprint density at radius 2 is 1.92 bits per heavy atom. The van der Waals surface area contributed by atoms with Crippen LogP contribution in [0.1, 0.15) is 50.9 Å². The molecular formula is C18H27N3O3. The normalized spacial score (nSPS) is 14.5. The lowest BCUT2D eigenvalue weighted by Gasteiger charge is -2.07. The molecule has 24 heavy (non-hydrogen) atoms. The summed E-state index contributed by atoms with van der Waals surface area (Å²) < 4.78 is 0. The number of aromatic nitrogens is 2. The monoisotopic (exact) mass is 333 g/mol. The van der Waals surface area contributed by atoms with Crippen molar-refractivity contribution in [1.82, 2.24) is 9.97 Å². The molecule has 0 aliphatic heterocycles. The van der Waals surface area contributed by atoms with E-state index in [4.69, 9.17) is 10.8 Å². The van der Waals surface area contributed by atoms with E-state index < -0.39 is 12.2 Å². The minimum Gasteiger partial charge on any atom is -0.481 e. The number of aliphatic hydroxyl groups excluding tert-OH is 1. The SMILES string of the molecule is C/C=C\Cc1nc(=C/C)/c(=C\CC(N)O)nc1CCCCC(=O)O. The first kappa shape index (κ1) is 20.0. The second-order valence-electron chi connectivity index (χ2n) is 5.56. The molecule has 1 aromatic rings. The van der Waals surface area contributed by atoms with Gasteiger partial charge in [0.1, 0.15) is 6.23 Å². The molecule has 1 rings (SSSR count). The van der Waals surface area contributed by atoms with E-state index in [0.717, 1.165) is 23.2 Å². The topological polar surface area (TPSA) is 109 Å². The summed E-state index contributed by atoms with van der Waals surface area (Å²) in [6.45, 7) is 3.85. The summed E-state index contributed by atoms with van der Waals surface area (Å²) in [6, 6.07) is 0. The van der Waals surface area contributed by atoms with Gasteiger partial charge < -0.3 is 15.9 Å². The summed E-state index contributed by atoms with van der Waals surface area (Å²) >= 11 is 0. The van der Waals surface area contributed by atoms with Crippen LogP contribution in [0.25, 0.3) is 12.2 Å². The molecule has 0 fully saturated rings. The molecule has 0 saturated carbocycles. The van der Waals surface area contributed by atoms with Crippen LogP contribution in [0.3, 0.4) is 0 Å². The summed E-state index contributed by atoms with van der Waals surface area (Å²) in [6.07, 6.45) is 9.95.